The van der Waals surface area contributed by atoms with Gasteiger partial charge in [0.1, 0.15) is 18.1 Å². The number of rotatable bonds is 7. The zero-order valence-corrected chi connectivity index (χ0v) is 15.4. The lowest BCUT2D eigenvalue weighted by molar-refractivity contribution is 0.134. The molecule has 2 heterocycles. The van der Waals surface area contributed by atoms with Crippen LogP contribution in [-0.2, 0) is 0 Å². The Hall–Kier alpha value is -2.15. The Balaban J connectivity index is 2.31. The van der Waals surface area contributed by atoms with Crippen LogP contribution in [0.4, 0.5) is 13.2 Å². The normalized spacial score (nSPS) is 13.9. The molecule has 0 aliphatic rings. The zero-order valence-electron chi connectivity index (χ0n) is 15.4. The van der Waals surface area contributed by atoms with E-state index in [1.807, 2.05) is 20.8 Å². The van der Waals surface area contributed by atoms with Crippen LogP contribution in [0.2, 0.25) is 0 Å². The topological polar surface area (TPSA) is 61.0 Å². The molecule has 0 aromatic carbocycles. The fourth-order valence-corrected chi connectivity index (χ4v) is 2.87. The summed E-state index contributed by atoms with van der Waals surface area (Å²) in [5.41, 5.74) is 5.38. The first-order valence-electron chi connectivity index (χ1n) is 8.43. The predicted molar refractivity (Wildman–Crippen MR) is 94.7 cm³/mol. The average molecular weight is 367 g/mol. The molecule has 0 unspecified atom stereocenters. The van der Waals surface area contributed by atoms with Crippen LogP contribution in [0.1, 0.15) is 45.0 Å². The van der Waals surface area contributed by atoms with Crippen molar-refractivity contribution in [2.24, 2.45) is 11.7 Å². The molecule has 4 nitrogen and oxygen atoms in total. The summed E-state index contributed by atoms with van der Waals surface area (Å²) in [6.07, 6.45) is -0.761. The van der Waals surface area contributed by atoms with E-state index >= 15 is 0 Å². The van der Waals surface area contributed by atoms with Gasteiger partial charge in [0.05, 0.1) is 11.4 Å². The average Bonchev–Trinajstić information content (AvgIpc) is 2.54. The van der Waals surface area contributed by atoms with E-state index in [0.717, 1.165) is 0 Å². The molecule has 2 aromatic heterocycles. The highest BCUT2D eigenvalue weighted by atomic mass is 19.3. The van der Waals surface area contributed by atoms with Crippen molar-refractivity contribution in [2.75, 3.05) is 6.61 Å². The van der Waals surface area contributed by atoms with E-state index < -0.39 is 23.5 Å². The first-order valence-corrected chi connectivity index (χ1v) is 8.43. The Kier molecular flexibility index (Phi) is 6.23. The molecule has 2 N–H and O–H groups in total. The van der Waals surface area contributed by atoms with Crippen LogP contribution in [0, 0.1) is 18.7 Å². The smallest absolute Gasteiger partial charge is 0.284 e. The van der Waals surface area contributed by atoms with Crippen LogP contribution in [0.5, 0.6) is 5.75 Å². The molecular formula is C19H24F3N3O. The van der Waals surface area contributed by atoms with Gasteiger partial charge in [-0.15, -0.1) is 0 Å². The summed E-state index contributed by atoms with van der Waals surface area (Å²) in [7, 11) is 0. The van der Waals surface area contributed by atoms with Crippen LogP contribution in [0.25, 0.3) is 11.3 Å². The number of hydrogen-bond acceptors (Lipinski definition) is 4. The number of ether oxygens (including phenoxy) is 1. The molecule has 7 heteroatoms. The lowest BCUT2D eigenvalue weighted by atomic mass is 9.93. The van der Waals surface area contributed by atoms with E-state index in [2.05, 4.69) is 9.97 Å². The minimum absolute atomic E-state index is 0.0460. The zero-order chi connectivity index (χ0) is 19.5. The number of pyridine rings is 2. The Morgan fingerprint density at radius 1 is 1.23 bits per heavy atom. The van der Waals surface area contributed by atoms with Crippen molar-refractivity contribution in [2.45, 2.75) is 46.1 Å². The van der Waals surface area contributed by atoms with Crippen LogP contribution in [-0.4, -0.2) is 22.1 Å². The van der Waals surface area contributed by atoms with E-state index in [0.29, 0.717) is 12.3 Å². The third-order valence-corrected chi connectivity index (χ3v) is 3.86. The molecule has 0 saturated carbocycles. The highest BCUT2D eigenvalue weighted by Crippen LogP contribution is 2.32. The highest BCUT2D eigenvalue weighted by Gasteiger charge is 2.24. The van der Waals surface area contributed by atoms with E-state index in [4.69, 9.17) is 10.5 Å². The SMILES string of the molecule is Cc1nccc(-c2ccc(OC[C@@](C)(N)CC(C)C)c(C(F)F)n2)c1F. The molecule has 2 aromatic rings. The number of hydrogen-bond donors (Lipinski definition) is 1. The third kappa shape index (κ3) is 4.94. The van der Waals surface area contributed by atoms with Crippen molar-refractivity contribution in [1.82, 2.24) is 9.97 Å². The Morgan fingerprint density at radius 2 is 1.92 bits per heavy atom. The summed E-state index contributed by atoms with van der Waals surface area (Å²) in [5.74, 6) is -0.280. The van der Waals surface area contributed by atoms with E-state index in [1.54, 1.807) is 0 Å². The number of alkyl halides is 2. The molecule has 0 amide bonds. The van der Waals surface area contributed by atoms with Crippen LogP contribution < -0.4 is 10.5 Å². The van der Waals surface area contributed by atoms with Gasteiger partial charge in [0.15, 0.2) is 5.82 Å². The minimum atomic E-state index is -2.86. The lowest BCUT2D eigenvalue weighted by Crippen LogP contribution is -2.43. The molecule has 0 fully saturated rings. The number of aromatic nitrogens is 2. The summed E-state index contributed by atoms with van der Waals surface area (Å²) in [5, 5.41) is 0. The van der Waals surface area contributed by atoms with E-state index in [1.165, 1.54) is 31.3 Å². The quantitative estimate of drug-likeness (QED) is 0.772. The van der Waals surface area contributed by atoms with Gasteiger partial charge in [-0.2, -0.15) is 0 Å². The number of nitrogens with zero attached hydrogens (tertiary/aromatic N) is 2. The first-order chi connectivity index (χ1) is 12.1. The fraction of sp³-hybridized carbons (Fsp3) is 0.474. The van der Waals surface area contributed by atoms with E-state index in [-0.39, 0.29) is 29.3 Å². The molecule has 1 atom stereocenters. The van der Waals surface area contributed by atoms with Gasteiger partial charge in [0.2, 0.25) is 0 Å². The molecule has 0 radical (unpaired) electrons. The number of nitrogens with two attached hydrogens (primary N) is 1. The second-order valence-corrected chi connectivity index (χ2v) is 7.18. The minimum Gasteiger partial charge on any atom is -0.490 e. The maximum atomic E-state index is 14.2. The maximum Gasteiger partial charge on any atom is 0.284 e. The van der Waals surface area contributed by atoms with Crippen molar-refractivity contribution in [3.63, 3.8) is 0 Å². The van der Waals surface area contributed by atoms with Crippen molar-refractivity contribution in [3.8, 4) is 17.0 Å². The molecule has 0 aliphatic carbocycles. The van der Waals surface area contributed by atoms with Gasteiger partial charge < -0.3 is 10.5 Å². The molecule has 0 bridgehead atoms. The van der Waals surface area contributed by atoms with Gasteiger partial charge in [0, 0.05) is 17.3 Å². The maximum absolute atomic E-state index is 14.2. The van der Waals surface area contributed by atoms with Crippen molar-refractivity contribution < 1.29 is 17.9 Å². The molecule has 26 heavy (non-hydrogen) atoms. The van der Waals surface area contributed by atoms with Crippen LogP contribution in [0.3, 0.4) is 0 Å². The largest absolute Gasteiger partial charge is 0.490 e. The van der Waals surface area contributed by atoms with E-state index in [9.17, 15) is 13.2 Å². The van der Waals surface area contributed by atoms with Gasteiger partial charge in [-0.1, -0.05) is 13.8 Å². The fourth-order valence-electron chi connectivity index (χ4n) is 2.87. The second-order valence-electron chi connectivity index (χ2n) is 7.18. The van der Waals surface area contributed by atoms with Crippen molar-refractivity contribution in [3.05, 3.63) is 41.6 Å². The summed E-state index contributed by atoms with van der Waals surface area (Å²) in [6.45, 7) is 7.44. The molecule has 2 rings (SSSR count). The first kappa shape index (κ1) is 20.2. The highest BCUT2D eigenvalue weighted by molar-refractivity contribution is 5.61. The van der Waals surface area contributed by atoms with Gasteiger partial charge in [-0.25, -0.2) is 18.2 Å². The van der Waals surface area contributed by atoms with Crippen molar-refractivity contribution >= 4 is 0 Å². The third-order valence-electron chi connectivity index (χ3n) is 3.86. The molecule has 142 valence electrons. The van der Waals surface area contributed by atoms with Gasteiger partial charge >= 0.3 is 0 Å². The van der Waals surface area contributed by atoms with Crippen LogP contribution in [0.15, 0.2) is 24.4 Å². The van der Waals surface area contributed by atoms with Crippen LogP contribution >= 0.6 is 0 Å². The number of halogens is 3. The predicted octanol–water partition coefficient (Wildman–Crippen LogP) is 4.67. The summed E-state index contributed by atoms with van der Waals surface area (Å²) < 4.78 is 46.7. The van der Waals surface area contributed by atoms with Gasteiger partial charge in [-0.05, 0) is 44.4 Å². The number of aryl methyl sites for hydroxylation is 1. The summed E-state index contributed by atoms with van der Waals surface area (Å²) >= 11 is 0. The summed E-state index contributed by atoms with van der Waals surface area (Å²) in [6, 6.07) is 4.24. The summed E-state index contributed by atoms with van der Waals surface area (Å²) in [4.78, 5) is 7.75. The lowest BCUT2D eigenvalue weighted by Gasteiger charge is -2.27. The molecular weight excluding hydrogens is 343 g/mol. The van der Waals surface area contributed by atoms with Gasteiger partial charge in [0.25, 0.3) is 6.43 Å². The van der Waals surface area contributed by atoms with Crippen molar-refractivity contribution in [1.29, 1.82) is 0 Å². The standard InChI is InChI=1S/C19H24F3N3O/c1-11(2)9-19(4,23)10-26-15-6-5-14(25-17(15)18(21)22)13-7-8-24-12(3)16(13)20/h5-8,11,18H,9-10,23H2,1-4H3/t19-/m0/s1. The molecule has 0 aliphatic heterocycles. The second kappa shape index (κ2) is 8.03. The Bertz CT molecular complexity index is 764. The Labute approximate surface area is 151 Å². The molecule has 0 spiro atoms. The monoisotopic (exact) mass is 367 g/mol. The Morgan fingerprint density at radius 3 is 2.54 bits per heavy atom. The van der Waals surface area contributed by atoms with Gasteiger partial charge in [-0.3, -0.25) is 4.98 Å². The molecule has 0 saturated heterocycles.